The monoisotopic (exact) mass is 339 g/mol. The van der Waals surface area contributed by atoms with Gasteiger partial charge in [0.1, 0.15) is 0 Å². The van der Waals surface area contributed by atoms with Crippen molar-refractivity contribution in [3.63, 3.8) is 0 Å². The van der Waals surface area contributed by atoms with Gasteiger partial charge in [0.05, 0.1) is 15.6 Å². The number of carbonyl (C=O) groups is 1. The molecule has 22 heavy (non-hydrogen) atoms. The van der Waals surface area contributed by atoms with Crippen LogP contribution < -0.4 is 10.6 Å². The van der Waals surface area contributed by atoms with Gasteiger partial charge in [0, 0.05) is 22.3 Å². The maximum atomic E-state index is 11.9. The van der Waals surface area contributed by atoms with Crippen molar-refractivity contribution < 1.29 is 9.72 Å². The number of benzene rings is 2. The molecule has 8 heteroatoms. The highest BCUT2D eigenvalue weighted by Gasteiger charge is 2.13. The number of amides is 2. The zero-order chi connectivity index (χ0) is 16.3. The summed E-state index contributed by atoms with van der Waals surface area (Å²) in [6.45, 7) is 1.62. The van der Waals surface area contributed by atoms with Gasteiger partial charge in [0.15, 0.2) is 0 Å². The molecule has 2 N–H and O–H groups in total. The fraction of sp³-hybridized carbons (Fsp3) is 0.0714. The molecule has 0 unspecified atom stereocenters. The largest absolute Gasteiger partial charge is 0.323 e. The number of nitro benzene ring substituents is 1. The molecule has 0 atom stereocenters. The molecule has 0 aliphatic carbocycles. The summed E-state index contributed by atoms with van der Waals surface area (Å²) in [7, 11) is 0. The second-order valence-corrected chi connectivity index (χ2v) is 5.31. The molecule has 0 heterocycles. The summed E-state index contributed by atoms with van der Waals surface area (Å²) in [6, 6.07) is 8.49. The van der Waals surface area contributed by atoms with Crippen molar-refractivity contribution in [2.24, 2.45) is 0 Å². The number of hydrogen-bond donors (Lipinski definition) is 2. The Balaban J connectivity index is 2.12. The lowest BCUT2D eigenvalue weighted by Crippen LogP contribution is -2.19. The Labute approximate surface area is 136 Å². The fourth-order valence-corrected chi connectivity index (χ4v) is 2.22. The van der Waals surface area contributed by atoms with Crippen LogP contribution in [0.3, 0.4) is 0 Å². The van der Waals surface area contributed by atoms with E-state index in [1.54, 1.807) is 31.2 Å². The first-order valence-electron chi connectivity index (χ1n) is 6.15. The summed E-state index contributed by atoms with van der Waals surface area (Å²) in [5, 5.41) is 16.7. The Morgan fingerprint density at radius 2 is 1.86 bits per heavy atom. The van der Waals surface area contributed by atoms with Crippen LogP contribution in [-0.2, 0) is 0 Å². The Bertz CT molecular complexity index is 750. The van der Waals surface area contributed by atoms with E-state index in [2.05, 4.69) is 10.6 Å². The Hall–Kier alpha value is -2.31. The standard InChI is InChI=1S/C14H11Cl2N3O3/c1-8-2-4-10(7-13(8)19(21)22)17-14(20)18-12-5-3-9(15)6-11(12)16/h2-7H,1H3,(H2,17,18,20). The summed E-state index contributed by atoms with van der Waals surface area (Å²) < 4.78 is 0. The minimum atomic E-state index is -0.567. The van der Waals surface area contributed by atoms with Crippen LogP contribution in [0.5, 0.6) is 0 Å². The maximum Gasteiger partial charge on any atom is 0.323 e. The number of hydrogen-bond acceptors (Lipinski definition) is 3. The third-order valence-electron chi connectivity index (χ3n) is 2.84. The van der Waals surface area contributed by atoms with E-state index in [-0.39, 0.29) is 10.7 Å². The number of aryl methyl sites for hydroxylation is 1. The molecule has 0 saturated carbocycles. The molecule has 2 aromatic rings. The molecule has 6 nitrogen and oxygen atoms in total. The number of rotatable bonds is 3. The second kappa shape index (κ2) is 6.64. The van der Waals surface area contributed by atoms with E-state index in [9.17, 15) is 14.9 Å². The molecule has 2 amide bonds. The zero-order valence-electron chi connectivity index (χ0n) is 11.4. The van der Waals surface area contributed by atoms with Crippen molar-refractivity contribution >= 4 is 46.3 Å². The average molecular weight is 340 g/mol. The van der Waals surface area contributed by atoms with E-state index in [4.69, 9.17) is 23.2 Å². The number of urea groups is 1. The third-order valence-corrected chi connectivity index (χ3v) is 3.39. The zero-order valence-corrected chi connectivity index (χ0v) is 12.9. The van der Waals surface area contributed by atoms with Gasteiger partial charge >= 0.3 is 6.03 Å². The quantitative estimate of drug-likeness (QED) is 0.618. The van der Waals surface area contributed by atoms with Crippen LogP contribution >= 0.6 is 23.2 Å². The molecule has 0 bridgehead atoms. The first-order valence-corrected chi connectivity index (χ1v) is 6.90. The normalized spacial score (nSPS) is 10.1. The van der Waals surface area contributed by atoms with Gasteiger partial charge in [-0.1, -0.05) is 29.3 Å². The molecule has 114 valence electrons. The van der Waals surface area contributed by atoms with Crippen molar-refractivity contribution in [3.8, 4) is 0 Å². The highest BCUT2D eigenvalue weighted by Crippen LogP contribution is 2.26. The first-order chi connectivity index (χ1) is 10.4. The summed E-state index contributed by atoms with van der Waals surface area (Å²) in [5.74, 6) is 0. The molecule has 2 aromatic carbocycles. The highest BCUT2D eigenvalue weighted by molar-refractivity contribution is 6.36. The molecule has 0 radical (unpaired) electrons. The molecular weight excluding hydrogens is 329 g/mol. The van der Waals surface area contributed by atoms with Crippen LogP contribution in [0.15, 0.2) is 36.4 Å². The van der Waals surface area contributed by atoms with Crippen molar-refractivity contribution in [1.82, 2.24) is 0 Å². The van der Waals surface area contributed by atoms with E-state index >= 15 is 0 Å². The lowest BCUT2D eigenvalue weighted by Gasteiger charge is -2.09. The van der Waals surface area contributed by atoms with Crippen LogP contribution in [0, 0.1) is 17.0 Å². The fourth-order valence-electron chi connectivity index (χ4n) is 1.76. The van der Waals surface area contributed by atoms with E-state index in [0.29, 0.717) is 22.0 Å². The summed E-state index contributed by atoms with van der Waals surface area (Å²) in [6.07, 6.45) is 0. The van der Waals surface area contributed by atoms with Gasteiger partial charge in [-0.25, -0.2) is 4.79 Å². The molecule has 0 aromatic heterocycles. The van der Waals surface area contributed by atoms with Gasteiger partial charge in [0.25, 0.3) is 5.69 Å². The van der Waals surface area contributed by atoms with Gasteiger partial charge in [-0.15, -0.1) is 0 Å². The number of carbonyl (C=O) groups excluding carboxylic acids is 1. The minimum Gasteiger partial charge on any atom is -0.307 e. The van der Waals surface area contributed by atoms with Crippen LogP contribution in [0.2, 0.25) is 10.0 Å². The smallest absolute Gasteiger partial charge is 0.307 e. The lowest BCUT2D eigenvalue weighted by atomic mass is 10.2. The predicted octanol–water partition coefficient (Wildman–Crippen LogP) is 4.85. The minimum absolute atomic E-state index is 0.0673. The molecule has 0 saturated heterocycles. The SMILES string of the molecule is Cc1ccc(NC(=O)Nc2ccc(Cl)cc2Cl)cc1[N+](=O)[O-]. The number of nitrogens with zero attached hydrogens (tertiary/aromatic N) is 1. The average Bonchev–Trinajstić information content (AvgIpc) is 2.44. The summed E-state index contributed by atoms with van der Waals surface area (Å²) >= 11 is 11.7. The van der Waals surface area contributed by atoms with Crippen LogP contribution in [0.25, 0.3) is 0 Å². The van der Waals surface area contributed by atoms with E-state index < -0.39 is 11.0 Å². The van der Waals surface area contributed by atoms with Crippen molar-refractivity contribution in [2.45, 2.75) is 6.92 Å². The number of halogens is 2. The van der Waals surface area contributed by atoms with Gasteiger partial charge in [-0.2, -0.15) is 0 Å². The van der Waals surface area contributed by atoms with Crippen molar-refractivity contribution in [3.05, 3.63) is 62.1 Å². The van der Waals surface area contributed by atoms with Gasteiger partial charge in [0.2, 0.25) is 0 Å². The molecular formula is C14H11Cl2N3O3. The van der Waals surface area contributed by atoms with Crippen LogP contribution in [-0.4, -0.2) is 11.0 Å². The highest BCUT2D eigenvalue weighted by atomic mass is 35.5. The first kappa shape index (κ1) is 16.1. The van der Waals surface area contributed by atoms with Gasteiger partial charge < -0.3 is 10.6 Å². The molecule has 0 aliphatic heterocycles. The van der Waals surface area contributed by atoms with Crippen molar-refractivity contribution in [2.75, 3.05) is 10.6 Å². The summed E-state index contributed by atoms with van der Waals surface area (Å²) in [4.78, 5) is 22.3. The van der Waals surface area contributed by atoms with Crippen LogP contribution in [0.1, 0.15) is 5.56 Å². The third kappa shape index (κ3) is 3.87. The Kier molecular flexibility index (Phi) is 4.85. The number of nitrogens with one attached hydrogen (secondary N) is 2. The Morgan fingerprint density at radius 1 is 1.14 bits per heavy atom. The van der Waals surface area contributed by atoms with E-state index in [0.717, 1.165) is 0 Å². The molecule has 0 aliphatic rings. The second-order valence-electron chi connectivity index (χ2n) is 4.46. The predicted molar refractivity (Wildman–Crippen MR) is 86.9 cm³/mol. The lowest BCUT2D eigenvalue weighted by molar-refractivity contribution is -0.385. The van der Waals surface area contributed by atoms with Crippen LogP contribution in [0.4, 0.5) is 21.9 Å². The molecule has 2 rings (SSSR count). The molecule has 0 fully saturated rings. The van der Waals surface area contributed by atoms with Crippen molar-refractivity contribution in [1.29, 1.82) is 0 Å². The van der Waals surface area contributed by atoms with E-state index in [1.807, 2.05) is 0 Å². The maximum absolute atomic E-state index is 11.9. The number of anilines is 2. The molecule has 0 spiro atoms. The van der Waals surface area contributed by atoms with E-state index in [1.165, 1.54) is 12.1 Å². The Morgan fingerprint density at radius 3 is 2.50 bits per heavy atom. The topological polar surface area (TPSA) is 84.3 Å². The summed E-state index contributed by atoms with van der Waals surface area (Å²) in [5.41, 5.74) is 1.13. The van der Waals surface area contributed by atoms with Gasteiger partial charge in [-0.05, 0) is 31.2 Å². The van der Waals surface area contributed by atoms with Gasteiger partial charge in [-0.3, -0.25) is 10.1 Å². The number of nitro groups is 1.